The molecular formula is C25H34N4O5. The third kappa shape index (κ3) is 6.61. The average Bonchev–Trinajstić information content (AvgIpc) is 2.83. The molecular weight excluding hydrogens is 436 g/mol. The Balaban J connectivity index is 1.79. The number of carbonyl (C=O) groups excluding carboxylic acids is 2. The highest BCUT2D eigenvalue weighted by molar-refractivity contribution is 6.01. The van der Waals surface area contributed by atoms with Crippen LogP contribution >= 0.6 is 0 Å². The highest BCUT2D eigenvalue weighted by Gasteiger charge is 2.25. The van der Waals surface area contributed by atoms with Crippen molar-refractivity contribution in [3.63, 3.8) is 0 Å². The third-order valence-corrected chi connectivity index (χ3v) is 5.81. The molecule has 3 atom stereocenters. The summed E-state index contributed by atoms with van der Waals surface area (Å²) >= 11 is 0. The molecule has 2 aromatic rings. The van der Waals surface area contributed by atoms with E-state index >= 15 is 0 Å². The molecule has 3 N–H and O–H groups in total. The van der Waals surface area contributed by atoms with Crippen LogP contribution in [0, 0.1) is 5.92 Å². The molecule has 0 aliphatic carbocycles. The van der Waals surface area contributed by atoms with Gasteiger partial charge in [0, 0.05) is 56.8 Å². The lowest BCUT2D eigenvalue weighted by molar-refractivity contribution is 0.0281. The summed E-state index contributed by atoms with van der Waals surface area (Å²) < 4.78 is 16.9. The predicted octanol–water partition coefficient (Wildman–Crippen LogP) is 3.43. The van der Waals surface area contributed by atoms with E-state index in [1.165, 1.54) is 0 Å². The van der Waals surface area contributed by atoms with E-state index in [0.29, 0.717) is 41.6 Å². The number of carbonyl (C=O) groups is 2. The van der Waals surface area contributed by atoms with Crippen LogP contribution in [0.2, 0.25) is 0 Å². The number of hydrogen-bond acceptors (Lipinski definition) is 6. The topological polar surface area (TPSA) is 101 Å². The summed E-state index contributed by atoms with van der Waals surface area (Å²) in [7, 11) is 4.98. The van der Waals surface area contributed by atoms with Crippen molar-refractivity contribution in [2.24, 2.45) is 5.92 Å². The van der Waals surface area contributed by atoms with Gasteiger partial charge in [-0.2, -0.15) is 0 Å². The summed E-state index contributed by atoms with van der Waals surface area (Å²) in [5, 5.41) is 9.02. The highest BCUT2D eigenvalue weighted by Crippen LogP contribution is 2.26. The molecule has 34 heavy (non-hydrogen) atoms. The molecule has 1 aliphatic rings. The second-order valence-electron chi connectivity index (χ2n) is 8.58. The Kier molecular flexibility index (Phi) is 8.72. The number of nitrogens with one attached hydrogen (secondary N) is 3. The summed E-state index contributed by atoms with van der Waals surface area (Å²) in [6.45, 7) is 5.69. The van der Waals surface area contributed by atoms with E-state index in [4.69, 9.17) is 14.2 Å². The molecule has 3 rings (SSSR count). The molecule has 0 aromatic heterocycles. The summed E-state index contributed by atoms with van der Waals surface area (Å²) in [6.07, 6.45) is -0.0984. The van der Waals surface area contributed by atoms with Crippen molar-refractivity contribution in [3.8, 4) is 11.5 Å². The molecule has 0 unspecified atom stereocenters. The van der Waals surface area contributed by atoms with Crippen molar-refractivity contribution in [1.29, 1.82) is 0 Å². The predicted molar refractivity (Wildman–Crippen MR) is 132 cm³/mol. The Bertz CT molecular complexity index is 999. The van der Waals surface area contributed by atoms with Crippen molar-refractivity contribution in [3.05, 3.63) is 48.0 Å². The number of rotatable bonds is 4. The number of anilines is 2. The van der Waals surface area contributed by atoms with Crippen LogP contribution < -0.4 is 25.4 Å². The van der Waals surface area contributed by atoms with Gasteiger partial charge in [-0.3, -0.25) is 4.79 Å². The molecule has 9 heteroatoms. The van der Waals surface area contributed by atoms with Crippen molar-refractivity contribution in [1.82, 2.24) is 10.2 Å². The molecule has 0 saturated heterocycles. The van der Waals surface area contributed by atoms with Crippen LogP contribution in [-0.2, 0) is 4.74 Å². The molecule has 3 amide bonds. The van der Waals surface area contributed by atoms with Gasteiger partial charge < -0.3 is 35.1 Å². The van der Waals surface area contributed by atoms with Crippen LogP contribution in [-0.4, -0.2) is 69.9 Å². The van der Waals surface area contributed by atoms with Crippen molar-refractivity contribution in [2.45, 2.75) is 26.0 Å². The van der Waals surface area contributed by atoms with Crippen LogP contribution in [0.15, 0.2) is 42.5 Å². The smallest absolute Gasteiger partial charge is 0.323 e. The van der Waals surface area contributed by atoms with Gasteiger partial charge in [0.15, 0.2) is 0 Å². The Morgan fingerprint density at radius 1 is 1.12 bits per heavy atom. The van der Waals surface area contributed by atoms with Gasteiger partial charge in [-0.25, -0.2) is 4.79 Å². The van der Waals surface area contributed by atoms with Gasteiger partial charge in [0.1, 0.15) is 18.1 Å². The van der Waals surface area contributed by atoms with E-state index in [1.54, 1.807) is 68.6 Å². The number of methoxy groups -OCH3 is 2. The first kappa shape index (κ1) is 25.3. The van der Waals surface area contributed by atoms with E-state index in [-0.39, 0.29) is 24.0 Å². The number of amides is 3. The highest BCUT2D eigenvalue weighted by atomic mass is 16.5. The maximum atomic E-state index is 13.2. The van der Waals surface area contributed by atoms with E-state index in [2.05, 4.69) is 22.9 Å². The molecule has 2 aromatic carbocycles. The van der Waals surface area contributed by atoms with Crippen LogP contribution in [0.4, 0.5) is 16.2 Å². The van der Waals surface area contributed by atoms with Crippen LogP contribution in [0.3, 0.4) is 0 Å². The average molecular weight is 471 g/mol. The molecule has 0 radical (unpaired) electrons. The molecule has 0 saturated carbocycles. The molecule has 9 nitrogen and oxygen atoms in total. The number of fused-ring (bicyclic) bond motifs is 1. The van der Waals surface area contributed by atoms with Crippen molar-refractivity contribution < 1.29 is 23.8 Å². The van der Waals surface area contributed by atoms with Gasteiger partial charge in [0.2, 0.25) is 0 Å². The normalized spacial score (nSPS) is 21.4. The van der Waals surface area contributed by atoms with Gasteiger partial charge in [0.25, 0.3) is 5.91 Å². The summed E-state index contributed by atoms with van der Waals surface area (Å²) in [6, 6.07) is 11.7. The van der Waals surface area contributed by atoms with Crippen molar-refractivity contribution in [2.75, 3.05) is 51.6 Å². The minimum Gasteiger partial charge on any atom is -0.497 e. The van der Waals surface area contributed by atoms with Crippen LogP contribution in [0.1, 0.15) is 24.2 Å². The Labute approximate surface area is 200 Å². The number of likely N-dealkylation sites (N-methyl/N-ethyl adjacent to an activating group) is 1. The summed E-state index contributed by atoms with van der Waals surface area (Å²) in [5.74, 6) is 1.10. The molecule has 184 valence electrons. The fourth-order valence-electron chi connectivity index (χ4n) is 3.73. The fraction of sp³-hybridized carbons (Fsp3) is 0.440. The van der Waals surface area contributed by atoms with Gasteiger partial charge in [-0.15, -0.1) is 0 Å². The number of benzene rings is 2. The Morgan fingerprint density at radius 3 is 2.56 bits per heavy atom. The first-order valence-corrected chi connectivity index (χ1v) is 11.3. The van der Waals surface area contributed by atoms with Crippen LogP contribution in [0.25, 0.3) is 0 Å². The van der Waals surface area contributed by atoms with Gasteiger partial charge >= 0.3 is 6.03 Å². The largest absolute Gasteiger partial charge is 0.497 e. The Hall–Kier alpha value is -3.30. The fourth-order valence-corrected chi connectivity index (χ4v) is 3.73. The van der Waals surface area contributed by atoms with Gasteiger partial charge in [0.05, 0.1) is 18.8 Å². The first-order chi connectivity index (χ1) is 16.3. The van der Waals surface area contributed by atoms with E-state index in [1.807, 2.05) is 6.92 Å². The number of ether oxygens (including phenoxy) is 3. The lowest BCUT2D eigenvalue weighted by Gasteiger charge is -2.30. The molecule has 1 heterocycles. The maximum absolute atomic E-state index is 13.2. The van der Waals surface area contributed by atoms with Gasteiger partial charge in [-0.1, -0.05) is 13.0 Å². The molecule has 0 bridgehead atoms. The maximum Gasteiger partial charge on any atom is 0.323 e. The third-order valence-electron chi connectivity index (χ3n) is 5.81. The minimum atomic E-state index is -0.420. The van der Waals surface area contributed by atoms with Crippen molar-refractivity contribution >= 4 is 23.3 Å². The zero-order chi connectivity index (χ0) is 24.7. The minimum absolute atomic E-state index is 0.0630. The second-order valence-corrected chi connectivity index (χ2v) is 8.58. The SMILES string of the molecule is COc1cccc(NC(=O)Nc2ccc3c(c2)OC[C@H](C)NC[C@@H](C)[C@H](OC)CN(C)C3=O)c1. The van der Waals surface area contributed by atoms with E-state index in [9.17, 15) is 9.59 Å². The first-order valence-electron chi connectivity index (χ1n) is 11.3. The zero-order valence-corrected chi connectivity index (χ0v) is 20.4. The number of urea groups is 1. The van der Waals surface area contributed by atoms with Gasteiger partial charge in [-0.05, 0) is 37.1 Å². The molecule has 0 spiro atoms. The summed E-state index contributed by atoms with van der Waals surface area (Å²) in [4.78, 5) is 27.4. The second kappa shape index (κ2) is 11.7. The Morgan fingerprint density at radius 2 is 1.85 bits per heavy atom. The lowest BCUT2D eigenvalue weighted by atomic mass is 10.0. The standard InChI is InChI=1S/C25H34N4O5/c1-16-13-26-17(2)15-34-22-12-19(9-10-21(22)24(30)29(3)14-23(16)33-5)28-25(31)27-18-7-6-8-20(11-18)32-4/h6-12,16-17,23,26H,13-15H2,1-5H3,(H2,27,28,31)/t16-,17+,23-/m1/s1. The molecule has 1 aliphatic heterocycles. The number of hydrogen-bond donors (Lipinski definition) is 3. The zero-order valence-electron chi connectivity index (χ0n) is 20.4. The number of nitrogens with zero attached hydrogens (tertiary/aromatic N) is 1. The van der Waals surface area contributed by atoms with Crippen LogP contribution in [0.5, 0.6) is 11.5 Å². The summed E-state index contributed by atoms with van der Waals surface area (Å²) in [5.41, 5.74) is 1.53. The molecule has 0 fully saturated rings. The monoisotopic (exact) mass is 470 g/mol. The van der Waals surface area contributed by atoms with E-state index in [0.717, 1.165) is 6.54 Å². The lowest BCUT2D eigenvalue weighted by Crippen LogP contribution is -2.44. The quantitative estimate of drug-likeness (QED) is 0.633. The van der Waals surface area contributed by atoms with E-state index < -0.39 is 6.03 Å².